The Balaban J connectivity index is 1.70. The third-order valence-electron chi connectivity index (χ3n) is 6.16. The van der Waals surface area contributed by atoms with Gasteiger partial charge in [-0.05, 0) is 31.9 Å². The second kappa shape index (κ2) is 8.65. The van der Waals surface area contributed by atoms with Crippen molar-refractivity contribution in [2.45, 2.75) is 51.0 Å². The largest absolute Gasteiger partial charge is 0.496 e. The summed E-state index contributed by atoms with van der Waals surface area (Å²) in [7, 11) is 2.59. The minimum atomic E-state index is -4.51. The number of carbonyl (C=O) groups is 1. The van der Waals surface area contributed by atoms with Crippen molar-refractivity contribution in [3.05, 3.63) is 40.7 Å². The van der Waals surface area contributed by atoms with Crippen LogP contribution in [0.3, 0.4) is 0 Å². The van der Waals surface area contributed by atoms with Gasteiger partial charge in [-0.2, -0.15) is 18.3 Å². The number of ether oxygens (including phenoxy) is 3. The standard InChI is InChI=1S/C22H26F3N3O4/c1-13-10-18-16(12-32-13)20(14-6-8-27(9-7-14)21(29)31-3)26-28(18)15-4-5-17(22(23,24)25)19(11-15)30-2/h4-5,11,13-14H,6-10,12H2,1-3H3/t13-/m0/s1. The maximum atomic E-state index is 13.3. The van der Waals surface area contributed by atoms with Gasteiger partial charge >= 0.3 is 12.3 Å². The number of alkyl halides is 3. The monoisotopic (exact) mass is 453 g/mol. The summed E-state index contributed by atoms with van der Waals surface area (Å²) >= 11 is 0. The van der Waals surface area contributed by atoms with Crippen molar-refractivity contribution in [1.82, 2.24) is 14.7 Å². The number of piperidine rings is 1. The van der Waals surface area contributed by atoms with Gasteiger partial charge in [-0.3, -0.25) is 0 Å². The van der Waals surface area contributed by atoms with Gasteiger partial charge in [-0.25, -0.2) is 9.48 Å². The van der Waals surface area contributed by atoms with Crippen molar-refractivity contribution in [3.8, 4) is 11.4 Å². The first kappa shape index (κ1) is 22.4. The van der Waals surface area contributed by atoms with Crippen molar-refractivity contribution in [3.63, 3.8) is 0 Å². The molecule has 174 valence electrons. The smallest absolute Gasteiger partial charge is 0.419 e. The van der Waals surface area contributed by atoms with Gasteiger partial charge in [0.1, 0.15) is 5.75 Å². The SMILES string of the molecule is COC(=O)N1CCC(c2nn(-c3ccc(C(F)(F)F)c(OC)c3)c3c2CO[C@@H](C)C3)CC1. The molecule has 2 aliphatic rings. The number of nitrogens with zero attached hydrogens (tertiary/aromatic N) is 3. The van der Waals surface area contributed by atoms with E-state index in [-0.39, 0.29) is 23.9 Å². The third kappa shape index (κ3) is 4.15. The van der Waals surface area contributed by atoms with Crippen LogP contribution >= 0.6 is 0 Å². The van der Waals surface area contributed by atoms with E-state index in [2.05, 4.69) is 0 Å². The maximum Gasteiger partial charge on any atom is 0.419 e. The Morgan fingerprint density at radius 1 is 1.22 bits per heavy atom. The summed E-state index contributed by atoms with van der Waals surface area (Å²) in [6.07, 6.45) is -2.82. The molecule has 1 aromatic heterocycles. The number of methoxy groups -OCH3 is 2. The van der Waals surface area contributed by atoms with E-state index >= 15 is 0 Å². The first-order valence-electron chi connectivity index (χ1n) is 10.5. The number of aromatic nitrogens is 2. The van der Waals surface area contributed by atoms with Gasteiger partial charge in [-0.1, -0.05) is 0 Å². The van der Waals surface area contributed by atoms with Crippen molar-refractivity contribution in [2.24, 2.45) is 0 Å². The number of halogens is 3. The summed E-state index contributed by atoms with van der Waals surface area (Å²) in [5.41, 5.74) is 2.50. The zero-order valence-corrected chi connectivity index (χ0v) is 18.2. The quantitative estimate of drug-likeness (QED) is 0.693. The fourth-order valence-electron chi connectivity index (χ4n) is 4.48. The minimum absolute atomic E-state index is 0.0247. The van der Waals surface area contributed by atoms with Crippen LogP contribution in [0.2, 0.25) is 0 Å². The average molecular weight is 453 g/mol. The molecule has 0 N–H and O–H groups in total. The lowest BCUT2D eigenvalue weighted by Gasteiger charge is -2.31. The zero-order chi connectivity index (χ0) is 23.0. The van der Waals surface area contributed by atoms with Gasteiger partial charge in [0.2, 0.25) is 0 Å². The van der Waals surface area contributed by atoms with Crippen LogP contribution in [0.1, 0.15) is 48.2 Å². The van der Waals surface area contributed by atoms with Gasteiger partial charge in [0, 0.05) is 37.1 Å². The van der Waals surface area contributed by atoms with Crippen LogP contribution in [0, 0.1) is 0 Å². The molecule has 1 fully saturated rings. The lowest BCUT2D eigenvalue weighted by atomic mass is 9.90. The van der Waals surface area contributed by atoms with Gasteiger partial charge in [0.15, 0.2) is 0 Å². The summed E-state index contributed by atoms with van der Waals surface area (Å²) in [6, 6.07) is 3.82. The number of hydrogen-bond donors (Lipinski definition) is 0. The first-order valence-corrected chi connectivity index (χ1v) is 10.5. The van der Waals surface area contributed by atoms with E-state index in [1.165, 1.54) is 26.4 Å². The second-order valence-corrected chi connectivity index (χ2v) is 8.16. The molecule has 3 heterocycles. The van der Waals surface area contributed by atoms with Crippen molar-refractivity contribution < 1.29 is 32.2 Å². The molecule has 0 radical (unpaired) electrons. The Morgan fingerprint density at radius 3 is 2.56 bits per heavy atom. The number of rotatable bonds is 3. The molecule has 10 heteroatoms. The van der Waals surface area contributed by atoms with Crippen LogP contribution < -0.4 is 4.74 Å². The predicted octanol–water partition coefficient (Wildman–Crippen LogP) is 4.31. The predicted molar refractivity (Wildman–Crippen MR) is 109 cm³/mol. The van der Waals surface area contributed by atoms with E-state index in [0.29, 0.717) is 31.8 Å². The lowest BCUT2D eigenvalue weighted by Crippen LogP contribution is -2.38. The fraction of sp³-hybridized carbons (Fsp3) is 0.545. The van der Waals surface area contributed by atoms with Gasteiger partial charge in [-0.15, -0.1) is 0 Å². The topological polar surface area (TPSA) is 65.8 Å². The number of likely N-dealkylation sites (tertiary alicyclic amines) is 1. The van der Waals surface area contributed by atoms with E-state index in [1.54, 1.807) is 9.58 Å². The normalized spacial score (nSPS) is 19.6. The Kier molecular flexibility index (Phi) is 6.07. The van der Waals surface area contributed by atoms with Crippen LogP contribution in [0.5, 0.6) is 5.75 Å². The Morgan fingerprint density at radius 2 is 1.94 bits per heavy atom. The highest BCUT2D eigenvalue weighted by Crippen LogP contribution is 2.39. The number of hydrogen-bond acceptors (Lipinski definition) is 5. The molecule has 0 spiro atoms. The number of benzene rings is 1. The second-order valence-electron chi connectivity index (χ2n) is 8.16. The minimum Gasteiger partial charge on any atom is -0.496 e. The lowest BCUT2D eigenvalue weighted by molar-refractivity contribution is -0.138. The Hall–Kier alpha value is -2.75. The molecule has 1 atom stereocenters. The van der Waals surface area contributed by atoms with Crippen molar-refractivity contribution >= 4 is 6.09 Å². The molecule has 4 rings (SSSR count). The molecule has 0 bridgehead atoms. The van der Waals surface area contributed by atoms with E-state index in [9.17, 15) is 18.0 Å². The van der Waals surface area contributed by atoms with Crippen LogP contribution in [-0.2, 0) is 28.7 Å². The van der Waals surface area contributed by atoms with Gasteiger partial charge in [0.25, 0.3) is 0 Å². The van der Waals surface area contributed by atoms with E-state index < -0.39 is 11.7 Å². The number of fused-ring (bicyclic) bond motifs is 1. The van der Waals surface area contributed by atoms with Crippen LogP contribution in [0.15, 0.2) is 18.2 Å². The van der Waals surface area contributed by atoms with Crippen molar-refractivity contribution in [2.75, 3.05) is 27.3 Å². The van der Waals surface area contributed by atoms with Crippen LogP contribution in [0.4, 0.5) is 18.0 Å². The maximum absolute atomic E-state index is 13.3. The highest BCUT2D eigenvalue weighted by molar-refractivity contribution is 5.67. The molecule has 2 aliphatic heterocycles. The molecule has 1 amide bonds. The Bertz CT molecular complexity index is 997. The molecule has 1 aromatic carbocycles. The highest BCUT2D eigenvalue weighted by Gasteiger charge is 2.36. The van der Waals surface area contributed by atoms with Crippen molar-refractivity contribution in [1.29, 1.82) is 0 Å². The summed E-state index contributed by atoms with van der Waals surface area (Å²) < 4.78 is 57.3. The molecule has 0 aliphatic carbocycles. The molecule has 32 heavy (non-hydrogen) atoms. The van der Waals surface area contributed by atoms with Gasteiger partial charge in [0.05, 0.1) is 49.6 Å². The van der Waals surface area contributed by atoms with E-state index in [0.717, 1.165) is 35.9 Å². The summed E-state index contributed by atoms with van der Waals surface area (Å²) in [4.78, 5) is 13.5. The molecule has 1 saturated heterocycles. The molecular weight excluding hydrogens is 427 g/mol. The summed E-state index contributed by atoms with van der Waals surface area (Å²) in [5.74, 6) is -0.119. The molecule has 0 saturated carbocycles. The summed E-state index contributed by atoms with van der Waals surface area (Å²) in [6.45, 7) is 3.48. The molecular formula is C22H26F3N3O4. The molecule has 0 unspecified atom stereocenters. The number of carbonyl (C=O) groups excluding carboxylic acids is 1. The summed E-state index contributed by atoms with van der Waals surface area (Å²) in [5, 5.41) is 4.84. The van der Waals surface area contributed by atoms with E-state index in [4.69, 9.17) is 19.3 Å². The highest BCUT2D eigenvalue weighted by atomic mass is 19.4. The first-order chi connectivity index (χ1) is 15.2. The van der Waals surface area contributed by atoms with Crippen LogP contribution in [0.25, 0.3) is 5.69 Å². The third-order valence-corrected chi connectivity index (χ3v) is 6.16. The average Bonchev–Trinajstić information content (AvgIpc) is 3.16. The van der Waals surface area contributed by atoms with Gasteiger partial charge < -0.3 is 19.1 Å². The molecule has 2 aromatic rings. The fourth-order valence-corrected chi connectivity index (χ4v) is 4.48. The van der Waals surface area contributed by atoms with Crippen LogP contribution in [-0.4, -0.2) is 54.2 Å². The molecule has 7 nitrogen and oxygen atoms in total. The van der Waals surface area contributed by atoms with E-state index in [1.807, 2.05) is 6.92 Å². The number of amides is 1. The Labute approximate surface area is 184 Å². The zero-order valence-electron chi connectivity index (χ0n) is 18.2.